The first-order valence-corrected chi connectivity index (χ1v) is 16.4. The Morgan fingerprint density at radius 3 is 2.19 bits per heavy atom. The maximum absolute atomic E-state index is 12.8. The van der Waals surface area contributed by atoms with Crippen LogP contribution in [0.5, 0.6) is 11.5 Å². The minimum atomic E-state index is -0.182. The zero-order valence-electron chi connectivity index (χ0n) is 24.3. The van der Waals surface area contributed by atoms with Crippen LogP contribution in [-0.2, 0) is 4.79 Å². The van der Waals surface area contributed by atoms with Gasteiger partial charge in [-0.2, -0.15) is 0 Å². The average molecular weight is 606 g/mol. The number of amides is 2. The maximum Gasteiger partial charge on any atom is 0.255 e. The second-order valence-corrected chi connectivity index (χ2v) is 12.3. The van der Waals surface area contributed by atoms with Crippen molar-refractivity contribution in [1.29, 1.82) is 0 Å². The molecule has 9 heteroatoms. The number of fused-ring (bicyclic) bond motifs is 1. The van der Waals surface area contributed by atoms with Crippen LogP contribution < -0.4 is 20.1 Å². The monoisotopic (exact) mass is 605 g/mol. The molecule has 42 heavy (non-hydrogen) atoms. The van der Waals surface area contributed by atoms with Gasteiger partial charge in [0.1, 0.15) is 11.5 Å². The van der Waals surface area contributed by atoms with Crippen LogP contribution >= 0.6 is 23.1 Å². The molecule has 7 nitrogen and oxygen atoms in total. The summed E-state index contributed by atoms with van der Waals surface area (Å²) in [6.07, 6.45) is 10.1. The Hall–Kier alpha value is -3.56. The first kappa shape index (κ1) is 31.4. The summed E-state index contributed by atoms with van der Waals surface area (Å²) in [5.41, 5.74) is 2.80. The molecule has 0 saturated carbocycles. The van der Waals surface area contributed by atoms with Gasteiger partial charge in [-0.15, -0.1) is 11.3 Å². The van der Waals surface area contributed by atoms with Crippen molar-refractivity contribution in [2.45, 2.75) is 62.6 Å². The van der Waals surface area contributed by atoms with Gasteiger partial charge in [-0.1, -0.05) is 63.6 Å². The SMILES string of the molecule is CCCCCCCCCCOc1ccc(C(=O)Nc2ccc3nc(SCC(=O)Nc4ccc(OC)cc4)sc3c2)cc1. The Morgan fingerprint density at radius 2 is 1.48 bits per heavy atom. The van der Waals surface area contributed by atoms with Crippen molar-refractivity contribution in [3.8, 4) is 11.5 Å². The first-order valence-electron chi connectivity index (χ1n) is 14.6. The number of thioether (sulfide) groups is 1. The molecule has 0 radical (unpaired) electrons. The van der Waals surface area contributed by atoms with E-state index in [2.05, 4.69) is 22.5 Å². The lowest BCUT2D eigenvalue weighted by molar-refractivity contribution is -0.113. The summed E-state index contributed by atoms with van der Waals surface area (Å²) in [5, 5.41) is 5.85. The standard InChI is InChI=1S/C33H39N3O4S2/c1-3-4-5-6-7-8-9-10-21-40-28-16-11-24(12-17-28)32(38)35-26-15-20-29-30(22-26)42-33(36-29)41-23-31(37)34-25-13-18-27(39-2)19-14-25/h11-20,22H,3-10,21,23H2,1-2H3,(H,34,37)(H,35,38). The third-order valence-corrected chi connectivity index (χ3v) is 8.87. The second kappa shape index (κ2) is 16.8. The van der Waals surface area contributed by atoms with E-state index in [1.54, 1.807) is 43.5 Å². The molecule has 2 amide bonds. The summed E-state index contributed by atoms with van der Waals surface area (Å²) >= 11 is 2.88. The van der Waals surface area contributed by atoms with E-state index < -0.39 is 0 Å². The van der Waals surface area contributed by atoms with Crippen LogP contribution in [0, 0.1) is 0 Å². The number of ether oxygens (including phenoxy) is 2. The van der Waals surface area contributed by atoms with Gasteiger partial charge in [0.05, 0.1) is 29.7 Å². The smallest absolute Gasteiger partial charge is 0.255 e. The van der Waals surface area contributed by atoms with E-state index in [4.69, 9.17) is 9.47 Å². The second-order valence-electron chi connectivity index (χ2n) is 10.0. The molecule has 0 atom stereocenters. The fourth-order valence-electron chi connectivity index (χ4n) is 4.37. The number of unbranched alkanes of at least 4 members (excludes halogenated alkanes) is 7. The van der Waals surface area contributed by atoms with Gasteiger partial charge < -0.3 is 20.1 Å². The predicted octanol–water partition coefficient (Wildman–Crippen LogP) is 8.81. The molecule has 4 rings (SSSR count). The predicted molar refractivity (Wildman–Crippen MR) is 174 cm³/mol. The summed E-state index contributed by atoms with van der Waals surface area (Å²) in [4.78, 5) is 29.8. The topological polar surface area (TPSA) is 89.5 Å². The number of hydrogen-bond donors (Lipinski definition) is 2. The minimum absolute atomic E-state index is 0.109. The third-order valence-electron chi connectivity index (χ3n) is 6.71. The molecule has 0 spiro atoms. The first-order chi connectivity index (χ1) is 20.5. The Bertz CT molecular complexity index is 1420. The summed E-state index contributed by atoms with van der Waals surface area (Å²) < 4.78 is 12.7. The van der Waals surface area contributed by atoms with Crippen molar-refractivity contribution in [3.05, 3.63) is 72.3 Å². The highest BCUT2D eigenvalue weighted by Crippen LogP contribution is 2.31. The molecule has 0 unspecified atom stereocenters. The molecule has 1 aromatic heterocycles. The number of nitrogens with zero attached hydrogens (tertiary/aromatic N) is 1. The number of benzene rings is 3. The van der Waals surface area contributed by atoms with Crippen LogP contribution in [0.1, 0.15) is 68.6 Å². The van der Waals surface area contributed by atoms with Gasteiger partial charge in [0, 0.05) is 16.9 Å². The van der Waals surface area contributed by atoms with Gasteiger partial charge in [-0.3, -0.25) is 9.59 Å². The number of rotatable bonds is 17. The van der Waals surface area contributed by atoms with Crippen molar-refractivity contribution < 1.29 is 19.1 Å². The zero-order valence-corrected chi connectivity index (χ0v) is 26.0. The molecule has 3 aromatic carbocycles. The molecule has 0 bridgehead atoms. The van der Waals surface area contributed by atoms with Crippen LogP contribution in [0.3, 0.4) is 0 Å². The maximum atomic E-state index is 12.8. The lowest BCUT2D eigenvalue weighted by Crippen LogP contribution is -2.13. The Labute approximate surface area is 256 Å². The molecule has 0 aliphatic rings. The zero-order chi connectivity index (χ0) is 29.6. The van der Waals surface area contributed by atoms with Crippen molar-refractivity contribution in [1.82, 2.24) is 4.98 Å². The molecule has 0 aliphatic carbocycles. The van der Waals surface area contributed by atoms with E-state index in [1.165, 1.54) is 68.0 Å². The highest BCUT2D eigenvalue weighted by atomic mass is 32.2. The Morgan fingerprint density at radius 1 is 0.810 bits per heavy atom. The van der Waals surface area contributed by atoms with Crippen molar-refractivity contribution in [2.24, 2.45) is 0 Å². The highest BCUT2D eigenvalue weighted by molar-refractivity contribution is 8.01. The largest absolute Gasteiger partial charge is 0.497 e. The molecule has 2 N–H and O–H groups in total. The number of aromatic nitrogens is 1. The Balaban J connectivity index is 1.20. The van der Waals surface area contributed by atoms with E-state index in [-0.39, 0.29) is 17.6 Å². The van der Waals surface area contributed by atoms with Gasteiger partial charge in [-0.05, 0) is 73.2 Å². The van der Waals surface area contributed by atoms with Gasteiger partial charge in [0.25, 0.3) is 5.91 Å². The van der Waals surface area contributed by atoms with Gasteiger partial charge in [-0.25, -0.2) is 4.98 Å². The number of methoxy groups -OCH3 is 1. The summed E-state index contributed by atoms with van der Waals surface area (Å²) in [7, 11) is 1.60. The van der Waals surface area contributed by atoms with Crippen LogP contribution in [-0.4, -0.2) is 36.3 Å². The Kier molecular flexibility index (Phi) is 12.5. The normalized spacial score (nSPS) is 10.9. The fraction of sp³-hybridized carbons (Fsp3) is 0.364. The number of anilines is 2. The van der Waals surface area contributed by atoms with E-state index in [0.717, 1.165) is 32.5 Å². The quantitative estimate of drug-likeness (QED) is 0.0923. The van der Waals surface area contributed by atoms with E-state index in [9.17, 15) is 9.59 Å². The van der Waals surface area contributed by atoms with Crippen LogP contribution in [0.4, 0.5) is 11.4 Å². The van der Waals surface area contributed by atoms with Gasteiger partial charge in [0.2, 0.25) is 5.91 Å². The van der Waals surface area contributed by atoms with Crippen molar-refractivity contribution in [3.63, 3.8) is 0 Å². The minimum Gasteiger partial charge on any atom is -0.497 e. The van der Waals surface area contributed by atoms with Crippen LogP contribution in [0.25, 0.3) is 10.2 Å². The van der Waals surface area contributed by atoms with Crippen molar-refractivity contribution >= 4 is 56.5 Å². The van der Waals surface area contributed by atoms with E-state index in [0.29, 0.717) is 23.5 Å². The molecular weight excluding hydrogens is 567 g/mol. The average Bonchev–Trinajstić information content (AvgIpc) is 3.42. The van der Waals surface area contributed by atoms with Crippen molar-refractivity contribution in [2.75, 3.05) is 30.1 Å². The summed E-state index contributed by atoms with van der Waals surface area (Å²) in [6, 6.07) is 20.1. The molecule has 0 fully saturated rings. The van der Waals surface area contributed by atoms with Gasteiger partial charge >= 0.3 is 0 Å². The fourth-order valence-corrected chi connectivity index (χ4v) is 6.28. The molecular formula is C33H39N3O4S2. The third kappa shape index (κ3) is 10.1. The number of thiazole rings is 1. The number of nitrogens with one attached hydrogen (secondary N) is 2. The van der Waals surface area contributed by atoms with E-state index >= 15 is 0 Å². The highest BCUT2D eigenvalue weighted by Gasteiger charge is 2.11. The summed E-state index contributed by atoms with van der Waals surface area (Å²) in [5.74, 6) is 1.47. The molecule has 222 valence electrons. The lowest BCUT2D eigenvalue weighted by atomic mass is 10.1. The number of carbonyl (C=O) groups is 2. The van der Waals surface area contributed by atoms with Gasteiger partial charge in [0.15, 0.2) is 4.34 Å². The lowest BCUT2D eigenvalue weighted by Gasteiger charge is -2.08. The van der Waals surface area contributed by atoms with Crippen LogP contribution in [0.2, 0.25) is 0 Å². The van der Waals surface area contributed by atoms with E-state index in [1.807, 2.05) is 30.3 Å². The molecule has 4 aromatic rings. The number of carbonyl (C=O) groups excluding carboxylic acids is 2. The molecule has 1 heterocycles. The number of hydrogen-bond acceptors (Lipinski definition) is 7. The molecule has 0 aliphatic heterocycles. The molecule has 0 saturated heterocycles. The summed E-state index contributed by atoms with van der Waals surface area (Å²) in [6.45, 7) is 2.94. The van der Waals surface area contributed by atoms with Crippen LogP contribution in [0.15, 0.2) is 71.1 Å².